The van der Waals surface area contributed by atoms with Crippen molar-refractivity contribution in [3.8, 4) is 0 Å². The molecule has 7 heteroatoms. The SMILES string of the molecule is O=C(c1cccc(F)c1C(F)(F)F)C(F)F. The number of benzene rings is 1. The first kappa shape index (κ1) is 12.5. The lowest BCUT2D eigenvalue weighted by Gasteiger charge is -2.12. The van der Waals surface area contributed by atoms with Crippen LogP contribution in [0, 0.1) is 5.82 Å². The van der Waals surface area contributed by atoms with Gasteiger partial charge in [-0.05, 0) is 6.07 Å². The van der Waals surface area contributed by atoms with Crippen LogP contribution in [0.25, 0.3) is 0 Å². The van der Waals surface area contributed by atoms with Crippen molar-refractivity contribution in [2.75, 3.05) is 0 Å². The zero-order valence-corrected chi connectivity index (χ0v) is 7.49. The molecule has 16 heavy (non-hydrogen) atoms. The number of Topliss-reactive ketones (excluding diaryl/α,β-unsaturated/α-hetero) is 1. The smallest absolute Gasteiger partial charge is 0.288 e. The Labute approximate surface area is 85.7 Å². The minimum absolute atomic E-state index is 0.449. The Morgan fingerprint density at radius 2 is 1.75 bits per heavy atom. The van der Waals surface area contributed by atoms with Crippen LogP contribution in [0.4, 0.5) is 26.3 Å². The maximum Gasteiger partial charge on any atom is 0.419 e. The van der Waals surface area contributed by atoms with E-state index in [2.05, 4.69) is 0 Å². The molecule has 0 unspecified atom stereocenters. The van der Waals surface area contributed by atoms with Crippen molar-refractivity contribution in [3.63, 3.8) is 0 Å². The Bertz CT molecular complexity index is 409. The lowest BCUT2D eigenvalue weighted by atomic mass is 10.0. The highest BCUT2D eigenvalue weighted by Gasteiger charge is 2.39. The number of carbonyl (C=O) groups excluding carboxylic acids is 1. The molecule has 0 atom stereocenters. The summed E-state index contributed by atoms with van der Waals surface area (Å²) in [6, 6.07) is 1.73. The van der Waals surface area contributed by atoms with Gasteiger partial charge >= 0.3 is 12.6 Å². The van der Waals surface area contributed by atoms with Crippen LogP contribution in [0.5, 0.6) is 0 Å². The van der Waals surface area contributed by atoms with Crippen LogP contribution in [-0.4, -0.2) is 12.2 Å². The second-order valence-corrected chi connectivity index (χ2v) is 2.83. The zero-order valence-electron chi connectivity index (χ0n) is 7.49. The van der Waals surface area contributed by atoms with Gasteiger partial charge in [0.2, 0.25) is 5.78 Å². The predicted octanol–water partition coefficient (Wildman–Crippen LogP) is 3.29. The van der Waals surface area contributed by atoms with Crippen LogP contribution in [0.3, 0.4) is 0 Å². The summed E-state index contributed by atoms with van der Waals surface area (Å²) in [6.07, 6.45) is -8.80. The van der Waals surface area contributed by atoms with Crippen molar-refractivity contribution < 1.29 is 31.1 Å². The molecule has 0 aromatic heterocycles. The highest BCUT2D eigenvalue weighted by Crippen LogP contribution is 2.34. The standard InChI is InChI=1S/C9H4F6O/c10-5-3-1-2-4(7(16)8(11)12)6(5)9(13,14)15/h1-3,8H. The van der Waals surface area contributed by atoms with Gasteiger partial charge in [-0.1, -0.05) is 12.1 Å². The van der Waals surface area contributed by atoms with E-state index in [4.69, 9.17) is 0 Å². The van der Waals surface area contributed by atoms with Crippen molar-refractivity contribution in [2.45, 2.75) is 12.6 Å². The van der Waals surface area contributed by atoms with Gasteiger partial charge in [0.05, 0.1) is 0 Å². The molecule has 0 aliphatic carbocycles. The van der Waals surface area contributed by atoms with Gasteiger partial charge < -0.3 is 0 Å². The van der Waals surface area contributed by atoms with Gasteiger partial charge in [-0.25, -0.2) is 13.2 Å². The molecular weight excluding hydrogens is 238 g/mol. The molecule has 0 aliphatic rings. The van der Waals surface area contributed by atoms with Gasteiger partial charge in [0.15, 0.2) is 0 Å². The van der Waals surface area contributed by atoms with Gasteiger partial charge in [0.1, 0.15) is 11.4 Å². The third kappa shape index (κ3) is 2.34. The second-order valence-electron chi connectivity index (χ2n) is 2.83. The van der Waals surface area contributed by atoms with Crippen LogP contribution < -0.4 is 0 Å². The molecule has 0 amide bonds. The molecule has 0 aliphatic heterocycles. The zero-order chi connectivity index (χ0) is 12.5. The van der Waals surface area contributed by atoms with Crippen molar-refractivity contribution >= 4 is 5.78 Å². The first-order valence-electron chi connectivity index (χ1n) is 3.93. The average molecular weight is 242 g/mol. The Balaban J connectivity index is 3.41. The van der Waals surface area contributed by atoms with Crippen molar-refractivity contribution in [2.24, 2.45) is 0 Å². The third-order valence-electron chi connectivity index (χ3n) is 1.76. The molecule has 88 valence electrons. The fourth-order valence-electron chi connectivity index (χ4n) is 1.14. The molecule has 0 bridgehead atoms. The summed E-state index contributed by atoms with van der Waals surface area (Å²) in [6.45, 7) is 0. The normalized spacial score (nSPS) is 11.9. The lowest BCUT2D eigenvalue weighted by molar-refractivity contribution is -0.140. The van der Waals surface area contributed by atoms with Gasteiger partial charge in [-0.3, -0.25) is 4.79 Å². The summed E-state index contributed by atoms with van der Waals surface area (Å²) in [5.41, 5.74) is -3.32. The van der Waals surface area contributed by atoms with E-state index in [0.29, 0.717) is 12.1 Å². The first-order chi connectivity index (χ1) is 7.25. The summed E-state index contributed by atoms with van der Waals surface area (Å²) >= 11 is 0. The van der Waals surface area contributed by atoms with Crippen LogP contribution in [0.15, 0.2) is 18.2 Å². The number of carbonyl (C=O) groups is 1. The maximum absolute atomic E-state index is 12.9. The summed E-state index contributed by atoms with van der Waals surface area (Å²) < 4.78 is 73.7. The Hall–Kier alpha value is -1.53. The minimum atomic E-state index is -5.19. The average Bonchev–Trinajstić information content (AvgIpc) is 2.14. The molecule has 0 N–H and O–H groups in total. The molecule has 0 saturated heterocycles. The van der Waals surface area contributed by atoms with E-state index >= 15 is 0 Å². The van der Waals surface area contributed by atoms with E-state index in [9.17, 15) is 31.1 Å². The summed E-state index contributed by atoms with van der Waals surface area (Å²) in [7, 11) is 0. The fourth-order valence-corrected chi connectivity index (χ4v) is 1.14. The lowest BCUT2D eigenvalue weighted by Crippen LogP contribution is -2.19. The quantitative estimate of drug-likeness (QED) is 0.574. The van der Waals surface area contributed by atoms with E-state index in [0.717, 1.165) is 6.07 Å². The fraction of sp³-hybridized carbons (Fsp3) is 0.222. The van der Waals surface area contributed by atoms with Crippen molar-refractivity contribution in [1.82, 2.24) is 0 Å². The molecule has 0 heterocycles. The first-order valence-corrected chi connectivity index (χ1v) is 3.93. The van der Waals surface area contributed by atoms with Crippen molar-refractivity contribution in [1.29, 1.82) is 0 Å². The number of hydrogen-bond donors (Lipinski definition) is 0. The Kier molecular flexibility index (Phi) is 3.25. The Morgan fingerprint density at radius 3 is 2.19 bits per heavy atom. The van der Waals surface area contributed by atoms with Crippen LogP contribution >= 0.6 is 0 Å². The molecule has 1 nitrogen and oxygen atoms in total. The Morgan fingerprint density at radius 1 is 1.19 bits per heavy atom. The molecule has 1 aromatic rings. The topological polar surface area (TPSA) is 17.1 Å². The minimum Gasteiger partial charge on any atom is -0.288 e. The van der Waals surface area contributed by atoms with E-state index in [1.807, 2.05) is 0 Å². The molecule has 1 rings (SSSR count). The van der Waals surface area contributed by atoms with Crippen molar-refractivity contribution in [3.05, 3.63) is 35.1 Å². The number of hydrogen-bond acceptors (Lipinski definition) is 1. The van der Waals surface area contributed by atoms with Crippen LogP contribution in [0.1, 0.15) is 15.9 Å². The highest BCUT2D eigenvalue weighted by molar-refractivity contribution is 5.99. The highest BCUT2D eigenvalue weighted by atomic mass is 19.4. The van der Waals surface area contributed by atoms with Gasteiger partial charge in [0, 0.05) is 5.56 Å². The van der Waals surface area contributed by atoms with Crippen LogP contribution in [-0.2, 0) is 6.18 Å². The van der Waals surface area contributed by atoms with E-state index in [1.165, 1.54) is 0 Å². The molecular formula is C9H4F6O. The summed E-state index contributed by atoms with van der Waals surface area (Å²) in [5.74, 6) is -3.80. The predicted molar refractivity (Wildman–Crippen MR) is 41.7 cm³/mol. The number of ketones is 1. The number of halogens is 6. The van der Waals surface area contributed by atoms with Crippen LogP contribution in [0.2, 0.25) is 0 Å². The molecule has 0 spiro atoms. The third-order valence-corrected chi connectivity index (χ3v) is 1.76. The maximum atomic E-state index is 12.9. The molecule has 0 radical (unpaired) electrons. The van der Waals surface area contributed by atoms with E-state index < -0.39 is 35.3 Å². The summed E-state index contributed by atoms with van der Waals surface area (Å²) in [4.78, 5) is 10.7. The molecule has 1 aromatic carbocycles. The number of rotatable bonds is 2. The molecule has 0 fully saturated rings. The number of alkyl halides is 5. The monoisotopic (exact) mass is 242 g/mol. The van der Waals surface area contributed by atoms with Gasteiger partial charge in [-0.15, -0.1) is 0 Å². The van der Waals surface area contributed by atoms with E-state index in [1.54, 1.807) is 0 Å². The van der Waals surface area contributed by atoms with Gasteiger partial charge in [0.25, 0.3) is 0 Å². The second kappa shape index (κ2) is 4.15. The van der Waals surface area contributed by atoms with Gasteiger partial charge in [-0.2, -0.15) is 13.2 Å². The summed E-state index contributed by atoms with van der Waals surface area (Å²) in [5, 5.41) is 0. The molecule has 0 saturated carbocycles. The van der Waals surface area contributed by atoms with E-state index in [-0.39, 0.29) is 0 Å². The largest absolute Gasteiger partial charge is 0.419 e.